The van der Waals surface area contributed by atoms with Gasteiger partial charge in [-0.25, -0.2) is 0 Å². The van der Waals surface area contributed by atoms with E-state index in [4.69, 9.17) is 5.11 Å². The molecule has 2 aromatic carbocycles. The maximum Gasteiger partial charge on any atom is 0.0434 e. The number of unbranched alkanes of at least 4 members (excludes halogenated alkanes) is 1. The Morgan fingerprint density at radius 2 is 0.700 bits per heavy atom. The molecule has 0 bridgehead atoms. The van der Waals surface area contributed by atoms with E-state index in [0.717, 1.165) is 12.8 Å². The number of hydrogen-bond acceptors (Lipinski definition) is 1. The Morgan fingerprint density at radius 3 is 0.967 bits per heavy atom. The first-order valence-electron chi connectivity index (χ1n) is 11.7. The number of aliphatic hydroxyl groups is 1. The van der Waals surface area contributed by atoms with E-state index in [-0.39, 0.29) is 6.61 Å². The van der Waals surface area contributed by atoms with Gasteiger partial charge in [0.15, 0.2) is 0 Å². The van der Waals surface area contributed by atoms with Gasteiger partial charge in [-0.3, -0.25) is 0 Å². The van der Waals surface area contributed by atoms with Crippen molar-refractivity contribution in [2.75, 3.05) is 6.61 Å². The summed E-state index contributed by atoms with van der Waals surface area (Å²) >= 11 is 0. The van der Waals surface area contributed by atoms with E-state index >= 15 is 0 Å². The predicted molar refractivity (Wildman–Crippen MR) is 134 cm³/mol. The van der Waals surface area contributed by atoms with Crippen LogP contribution in [0.25, 0.3) is 0 Å². The fourth-order valence-electron chi connectivity index (χ4n) is 4.51. The van der Waals surface area contributed by atoms with Gasteiger partial charge in [0.05, 0.1) is 0 Å². The molecule has 0 amide bonds. The molecule has 1 heteroatoms. The highest BCUT2D eigenvalue weighted by molar-refractivity contribution is 5.50. The lowest BCUT2D eigenvalue weighted by Crippen LogP contribution is -2.03. The highest BCUT2D eigenvalue weighted by Crippen LogP contribution is 2.28. The molecule has 0 saturated carbocycles. The Morgan fingerprint density at radius 1 is 0.433 bits per heavy atom. The van der Waals surface area contributed by atoms with Crippen LogP contribution in [0.15, 0.2) is 0 Å². The first-order chi connectivity index (χ1) is 14.0. The van der Waals surface area contributed by atoms with Gasteiger partial charge in [0.2, 0.25) is 0 Å². The fourth-order valence-corrected chi connectivity index (χ4v) is 4.51. The van der Waals surface area contributed by atoms with Crippen LogP contribution in [0.3, 0.4) is 0 Å². The smallest absolute Gasteiger partial charge is 0.0434 e. The maximum atomic E-state index is 8.90. The lowest BCUT2D eigenvalue weighted by atomic mass is 9.87. The van der Waals surface area contributed by atoms with Crippen LogP contribution in [-0.4, -0.2) is 11.7 Å². The first kappa shape index (κ1) is 26.4. The van der Waals surface area contributed by atoms with Crippen molar-refractivity contribution in [1.29, 1.82) is 0 Å². The molecule has 168 valence electrons. The molecule has 1 nitrogen and oxygen atoms in total. The molecule has 0 spiro atoms. The lowest BCUT2D eigenvalue weighted by Gasteiger charge is -2.18. The van der Waals surface area contributed by atoms with E-state index in [0.29, 0.717) is 0 Å². The summed E-state index contributed by atoms with van der Waals surface area (Å²) in [5.74, 6) is 0. The van der Waals surface area contributed by atoms with E-state index in [1.54, 1.807) is 5.56 Å². The molecule has 0 aliphatic carbocycles. The van der Waals surface area contributed by atoms with Crippen molar-refractivity contribution in [1.82, 2.24) is 0 Å². The SMILES string of the molecule is CCCCc1c(C)c(C)c(C)c(C)c1C.Cc1c(C)c(C)c(CCCO)c(C)c1C. The van der Waals surface area contributed by atoms with Crippen molar-refractivity contribution in [3.8, 4) is 0 Å². The van der Waals surface area contributed by atoms with Crippen molar-refractivity contribution in [2.24, 2.45) is 0 Å². The molecule has 0 radical (unpaired) electrons. The number of aliphatic hydroxyl groups excluding tert-OH is 1. The van der Waals surface area contributed by atoms with Crippen molar-refractivity contribution >= 4 is 0 Å². The monoisotopic (exact) mass is 410 g/mol. The molecule has 1 N–H and O–H groups in total. The molecule has 0 fully saturated rings. The summed E-state index contributed by atoms with van der Waals surface area (Å²) in [5, 5.41) is 8.90. The number of hydrogen-bond donors (Lipinski definition) is 1. The van der Waals surface area contributed by atoms with Crippen LogP contribution in [0.4, 0.5) is 0 Å². The van der Waals surface area contributed by atoms with Gasteiger partial charge in [-0.05, 0) is 162 Å². The lowest BCUT2D eigenvalue weighted by molar-refractivity contribution is 0.288. The van der Waals surface area contributed by atoms with Gasteiger partial charge >= 0.3 is 0 Å². The average molecular weight is 411 g/mol. The minimum absolute atomic E-state index is 0.283. The summed E-state index contributed by atoms with van der Waals surface area (Å²) in [6, 6.07) is 0. The first-order valence-corrected chi connectivity index (χ1v) is 11.7. The second kappa shape index (κ2) is 11.7. The third kappa shape index (κ3) is 5.76. The van der Waals surface area contributed by atoms with Gasteiger partial charge in [-0.2, -0.15) is 0 Å². The van der Waals surface area contributed by atoms with E-state index in [2.05, 4.69) is 76.2 Å². The molecule has 2 rings (SSSR count). The van der Waals surface area contributed by atoms with Crippen LogP contribution >= 0.6 is 0 Å². The normalized spacial score (nSPS) is 10.8. The minimum Gasteiger partial charge on any atom is -0.396 e. The second-order valence-electron chi connectivity index (χ2n) is 9.14. The van der Waals surface area contributed by atoms with Crippen LogP contribution in [-0.2, 0) is 12.8 Å². The van der Waals surface area contributed by atoms with Crippen molar-refractivity contribution < 1.29 is 5.11 Å². The van der Waals surface area contributed by atoms with E-state index in [9.17, 15) is 0 Å². The molecule has 30 heavy (non-hydrogen) atoms. The summed E-state index contributed by atoms with van der Waals surface area (Å²) < 4.78 is 0. The van der Waals surface area contributed by atoms with Crippen molar-refractivity contribution in [3.05, 3.63) is 66.8 Å². The molecule has 0 heterocycles. The molecule has 0 atom stereocenters. The second-order valence-corrected chi connectivity index (χ2v) is 9.14. The van der Waals surface area contributed by atoms with Gasteiger partial charge in [0.25, 0.3) is 0 Å². The largest absolute Gasteiger partial charge is 0.396 e. The van der Waals surface area contributed by atoms with Gasteiger partial charge in [-0.15, -0.1) is 0 Å². The minimum atomic E-state index is 0.283. The maximum absolute atomic E-state index is 8.90. The Hall–Kier alpha value is -1.60. The zero-order valence-electron chi connectivity index (χ0n) is 21.7. The van der Waals surface area contributed by atoms with E-state index in [1.807, 2.05) is 0 Å². The molecule has 0 aliphatic heterocycles. The third-order valence-electron chi connectivity index (χ3n) is 7.68. The summed E-state index contributed by atoms with van der Waals surface area (Å²) in [4.78, 5) is 0. The summed E-state index contributed by atoms with van der Waals surface area (Å²) in [6.45, 7) is 24.8. The van der Waals surface area contributed by atoms with Crippen LogP contribution < -0.4 is 0 Å². The fraction of sp³-hybridized carbons (Fsp3) is 0.586. The Labute approximate surface area is 186 Å². The van der Waals surface area contributed by atoms with Crippen molar-refractivity contribution in [3.63, 3.8) is 0 Å². The highest BCUT2D eigenvalue weighted by atomic mass is 16.2. The highest BCUT2D eigenvalue weighted by Gasteiger charge is 2.12. The van der Waals surface area contributed by atoms with E-state index in [1.165, 1.54) is 80.5 Å². The number of benzene rings is 2. The van der Waals surface area contributed by atoms with Crippen LogP contribution in [0.5, 0.6) is 0 Å². The molecular weight excluding hydrogens is 364 g/mol. The van der Waals surface area contributed by atoms with Gasteiger partial charge in [0.1, 0.15) is 0 Å². The Balaban J connectivity index is 0.000000300. The quantitative estimate of drug-likeness (QED) is 0.516. The summed E-state index contributed by atoms with van der Waals surface area (Å²) in [7, 11) is 0. The Kier molecular flexibility index (Phi) is 10.3. The van der Waals surface area contributed by atoms with Gasteiger partial charge < -0.3 is 5.11 Å². The molecule has 0 saturated heterocycles. The zero-order valence-corrected chi connectivity index (χ0v) is 21.7. The molecule has 0 aliphatic rings. The standard InChI is InChI=1S/C15H24.C14H22O/c1-7-8-9-15-13(5)11(3)10(2)12(4)14(15)6;1-9-10(2)12(4)14(7-6-8-15)13(5)11(9)3/h7-9H2,1-6H3;15H,6-8H2,1-5H3. The van der Waals surface area contributed by atoms with E-state index < -0.39 is 0 Å². The van der Waals surface area contributed by atoms with Gasteiger partial charge in [0, 0.05) is 6.61 Å². The van der Waals surface area contributed by atoms with Crippen LogP contribution in [0.1, 0.15) is 92.9 Å². The topological polar surface area (TPSA) is 20.2 Å². The average Bonchev–Trinajstić information content (AvgIpc) is 2.74. The number of rotatable bonds is 6. The van der Waals surface area contributed by atoms with Crippen molar-refractivity contribution in [2.45, 2.75) is 108 Å². The molecule has 0 aromatic heterocycles. The predicted octanol–water partition coefficient (Wildman–Crippen LogP) is 7.72. The zero-order chi connectivity index (χ0) is 23.2. The van der Waals surface area contributed by atoms with Gasteiger partial charge in [-0.1, -0.05) is 13.3 Å². The van der Waals surface area contributed by atoms with Crippen LogP contribution in [0.2, 0.25) is 0 Å². The summed E-state index contributed by atoms with van der Waals surface area (Å²) in [5.41, 5.74) is 17.6. The molecular formula is C29H46O. The third-order valence-corrected chi connectivity index (χ3v) is 7.68. The Bertz CT molecular complexity index is 739. The van der Waals surface area contributed by atoms with Crippen LogP contribution in [0, 0.1) is 69.2 Å². The summed E-state index contributed by atoms with van der Waals surface area (Å²) in [6.07, 6.45) is 5.70. The molecule has 0 unspecified atom stereocenters. The molecule has 2 aromatic rings.